The molecule has 158 valence electrons. The van der Waals surface area contributed by atoms with Gasteiger partial charge in [-0.05, 0) is 12.1 Å². The summed E-state index contributed by atoms with van der Waals surface area (Å²) in [6, 6.07) is 5.62. The first-order valence-corrected chi connectivity index (χ1v) is 10.5. The predicted molar refractivity (Wildman–Crippen MR) is 115 cm³/mol. The van der Waals surface area contributed by atoms with Crippen molar-refractivity contribution >= 4 is 17.0 Å². The van der Waals surface area contributed by atoms with E-state index in [1.807, 2.05) is 39.4 Å². The molecule has 1 atom stereocenters. The average molecular weight is 436 g/mol. The van der Waals surface area contributed by atoms with Gasteiger partial charge in [-0.3, -0.25) is 9.67 Å². The zero-order chi connectivity index (χ0) is 21.4. The number of aliphatic hydroxyl groups excluding tert-OH is 1. The Hall–Kier alpha value is -3.50. The number of pyridine rings is 2. The quantitative estimate of drug-likeness (QED) is 0.493. The molecule has 1 aliphatic heterocycles. The van der Waals surface area contributed by atoms with Gasteiger partial charge in [0.1, 0.15) is 0 Å². The van der Waals surface area contributed by atoms with E-state index in [2.05, 4.69) is 15.1 Å². The van der Waals surface area contributed by atoms with Crippen molar-refractivity contribution in [3.63, 3.8) is 0 Å². The zero-order valence-electron chi connectivity index (χ0n) is 17.0. The van der Waals surface area contributed by atoms with Crippen molar-refractivity contribution in [2.75, 3.05) is 19.1 Å². The van der Waals surface area contributed by atoms with Crippen molar-refractivity contribution in [3.8, 4) is 22.9 Å². The number of fused-ring (bicyclic) bond motifs is 1. The molecule has 1 unspecified atom stereocenters. The second kappa shape index (κ2) is 7.97. The number of aromatic nitrogens is 5. The lowest BCUT2D eigenvalue weighted by Crippen LogP contribution is -2.20. The molecule has 5 rings (SSSR count). The molecular formula is C21H20N6O3S. The fourth-order valence-corrected chi connectivity index (χ4v) is 4.17. The van der Waals surface area contributed by atoms with Gasteiger partial charge in [0, 0.05) is 28.9 Å². The fraction of sp³-hybridized carbons (Fsp3) is 0.238. The number of aliphatic hydroxyl groups is 1. The maximum absolute atomic E-state index is 10.9. The van der Waals surface area contributed by atoms with Crippen LogP contribution < -0.4 is 14.4 Å². The summed E-state index contributed by atoms with van der Waals surface area (Å²) in [6.45, 7) is 1.07. The minimum Gasteiger partial charge on any atom is -0.491 e. The third kappa shape index (κ3) is 3.60. The third-order valence-corrected chi connectivity index (χ3v) is 5.82. The summed E-state index contributed by atoms with van der Waals surface area (Å²) >= 11 is 1.56. The summed E-state index contributed by atoms with van der Waals surface area (Å²) in [5, 5.41) is 17.3. The Morgan fingerprint density at radius 1 is 1.19 bits per heavy atom. The Kier molecular flexibility index (Phi) is 5.00. The van der Waals surface area contributed by atoms with Gasteiger partial charge in [0.25, 0.3) is 5.88 Å². The van der Waals surface area contributed by atoms with Crippen molar-refractivity contribution in [1.82, 2.24) is 24.7 Å². The van der Waals surface area contributed by atoms with Crippen LogP contribution >= 0.6 is 11.3 Å². The Bertz CT molecular complexity index is 1210. The maximum atomic E-state index is 10.9. The Morgan fingerprint density at radius 3 is 2.87 bits per heavy atom. The van der Waals surface area contributed by atoms with Crippen molar-refractivity contribution in [2.24, 2.45) is 0 Å². The van der Waals surface area contributed by atoms with Gasteiger partial charge in [0.05, 0.1) is 61.8 Å². The van der Waals surface area contributed by atoms with E-state index in [0.29, 0.717) is 24.7 Å². The van der Waals surface area contributed by atoms with Crippen LogP contribution in [0.1, 0.15) is 23.2 Å². The zero-order valence-corrected chi connectivity index (χ0v) is 17.8. The molecule has 9 nitrogen and oxygen atoms in total. The Balaban J connectivity index is 1.39. The first-order valence-electron chi connectivity index (χ1n) is 9.58. The number of anilines is 1. The lowest BCUT2D eigenvalue weighted by Gasteiger charge is -2.20. The van der Waals surface area contributed by atoms with Gasteiger partial charge in [-0.1, -0.05) is 6.07 Å². The van der Waals surface area contributed by atoms with Gasteiger partial charge in [0.15, 0.2) is 12.0 Å². The molecule has 0 radical (unpaired) electrons. The van der Waals surface area contributed by atoms with Crippen LogP contribution in [-0.2, 0) is 13.1 Å². The summed E-state index contributed by atoms with van der Waals surface area (Å²) in [4.78, 5) is 15.2. The fourth-order valence-electron chi connectivity index (χ4n) is 3.62. The number of methoxy groups -OCH3 is 2. The first kappa shape index (κ1) is 19.5. The minimum atomic E-state index is -0.781. The molecule has 4 aromatic rings. The van der Waals surface area contributed by atoms with E-state index in [9.17, 15) is 5.11 Å². The van der Waals surface area contributed by atoms with Crippen LogP contribution in [0, 0.1) is 0 Å². The van der Waals surface area contributed by atoms with Gasteiger partial charge >= 0.3 is 0 Å². The van der Waals surface area contributed by atoms with Crippen molar-refractivity contribution in [2.45, 2.75) is 19.3 Å². The SMILES string of the molecule is COc1cc(-c2ccc3c(n2)CN(c2cnn(Cc4cscn4)c2)C3O)cnc1OC. The second-order valence-electron chi connectivity index (χ2n) is 7.05. The highest BCUT2D eigenvalue weighted by Crippen LogP contribution is 2.37. The van der Waals surface area contributed by atoms with E-state index in [-0.39, 0.29) is 0 Å². The summed E-state index contributed by atoms with van der Waals surface area (Å²) in [6.07, 6.45) is 4.58. The van der Waals surface area contributed by atoms with Crippen LogP contribution in [0.3, 0.4) is 0 Å². The van der Waals surface area contributed by atoms with E-state index < -0.39 is 6.23 Å². The van der Waals surface area contributed by atoms with E-state index in [4.69, 9.17) is 14.5 Å². The maximum Gasteiger partial charge on any atom is 0.256 e. The van der Waals surface area contributed by atoms with Gasteiger partial charge in [-0.2, -0.15) is 5.10 Å². The largest absolute Gasteiger partial charge is 0.491 e. The molecule has 0 aromatic carbocycles. The molecule has 0 bridgehead atoms. The minimum absolute atomic E-state index is 0.420. The summed E-state index contributed by atoms with van der Waals surface area (Å²) in [5.74, 6) is 0.958. The molecule has 4 aromatic heterocycles. The van der Waals surface area contributed by atoms with Crippen LogP contribution in [-0.4, -0.2) is 44.1 Å². The molecule has 5 heterocycles. The van der Waals surface area contributed by atoms with Gasteiger partial charge in [-0.25, -0.2) is 9.97 Å². The topological polar surface area (TPSA) is 98.4 Å². The van der Waals surface area contributed by atoms with Crippen molar-refractivity contribution in [3.05, 3.63) is 64.6 Å². The molecule has 0 saturated heterocycles. The molecule has 0 saturated carbocycles. The Morgan fingerprint density at radius 2 is 2.10 bits per heavy atom. The lowest BCUT2D eigenvalue weighted by atomic mass is 10.1. The summed E-state index contributed by atoms with van der Waals surface area (Å²) in [5.41, 5.74) is 6.74. The van der Waals surface area contributed by atoms with Crippen LogP contribution in [0.4, 0.5) is 5.69 Å². The number of thiazole rings is 1. The van der Waals surface area contributed by atoms with Crippen LogP contribution in [0.2, 0.25) is 0 Å². The standard InChI is InChI=1S/C21H20N6O3S/c1-29-19-5-13(6-22-20(19)30-2)17-4-3-16-18(25-17)10-27(21(16)28)15-7-24-26(9-15)8-14-11-31-12-23-14/h3-7,9,11-12,21,28H,8,10H2,1-2H3. The number of hydrogen-bond donors (Lipinski definition) is 1. The molecule has 0 aliphatic carbocycles. The normalized spacial score (nSPS) is 15.2. The highest BCUT2D eigenvalue weighted by atomic mass is 32.1. The molecule has 10 heteroatoms. The van der Waals surface area contributed by atoms with Crippen molar-refractivity contribution < 1.29 is 14.6 Å². The highest BCUT2D eigenvalue weighted by Gasteiger charge is 2.31. The second-order valence-corrected chi connectivity index (χ2v) is 7.76. The molecular weight excluding hydrogens is 416 g/mol. The molecule has 0 amide bonds. The summed E-state index contributed by atoms with van der Waals surface area (Å²) < 4.78 is 12.4. The molecule has 1 N–H and O–H groups in total. The number of nitrogens with zero attached hydrogens (tertiary/aromatic N) is 6. The van der Waals surface area contributed by atoms with Gasteiger partial charge in [0.2, 0.25) is 0 Å². The van der Waals surface area contributed by atoms with Crippen LogP contribution in [0.25, 0.3) is 11.3 Å². The first-order chi connectivity index (χ1) is 15.2. The van der Waals surface area contributed by atoms with Crippen LogP contribution in [0.5, 0.6) is 11.6 Å². The lowest BCUT2D eigenvalue weighted by molar-refractivity contribution is 0.181. The predicted octanol–water partition coefficient (Wildman–Crippen LogP) is 2.87. The number of rotatable bonds is 6. The van der Waals surface area contributed by atoms with E-state index >= 15 is 0 Å². The highest BCUT2D eigenvalue weighted by molar-refractivity contribution is 7.07. The average Bonchev–Trinajstić information content (AvgIpc) is 3.54. The summed E-state index contributed by atoms with van der Waals surface area (Å²) in [7, 11) is 3.12. The van der Waals surface area contributed by atoms with Gasteiger partial charge in [-0.15, -0.1) is 11.3 Å². The smallest absolute Gasteiger partial charge is 0.256 e. The molecule has 0 fully saturated rings. The number of ether oxygens (including phenoxy) is 2. The molecule has 0 spiro atoms. The Labute approximate surface area is 182 Å². The molecule has 1 aliphatic rings. The van der Waals surface area contributed by atoms with Gasteiger partial charge < -0.3 is 19.5 Å². The molecule has 31 heavy (non-hydrogen) atoms. The monoisotopic (exact) mass is 436 g/mol. The van der Waals surface area contributed by atoms with E-state index in [1.54, 1.807) is 43.5 Å². The van der Waals surface area contributed by atoms with Crippen molar-refractivity contribution in [1.29, 1.82) is 0 Å². The third-order valence-electron chi connectivity index (χ3n) is 5.19. The van der Waals surface area contributed by atoms with Crippen LogP contribution in [0.15, 0.2) is 47.7 Å². The van der Waals surface area contributed by atoms with E-state index in [0.717, 1.165) is 33.9 Å². The van der Waals surface area contributed by atoms with E-state index in [1.165, 1.54) is 0 Å². The number of hydrogen-bond acceptors (Lipinski definition) is 9.